The molecule has 5 nitrogen and oxygen atoms in total. The van der Waals surface area contributed by atoms with Gasteiger partial charge in [0.1, 0.15) is 11.6 Å². The fraction of sp³-hybridized carbons (Fsp3) is 0.120. The molecule has 2 aliphatic heterocycles. The van der Waals surface area contributed by atoms with E-state index in [9.17, 15) is 4.79 Å². The summed E-state index contributed by atoms with van der Waals surface area (Å²) >= 11 is 1.57. The van der Waals surface area contributed by atoms with Crippen LogP contribution in [0.3, 0.4) is 0 Å². The van der Waals surface area contributed by atoms with E-state index in [1.54, 1.807) is 11.8 Å². The number of ether oxygens (including phenoxy) is 1. The van der Waals surface area contributed by atoms with Gasteiger partial charge in [-0.1, -0.05) is 54.2 Å². The van der Waals surface area contributed by atoms with Crippen LogP contribution in [0.1, 0.15) is 18.4 Å². The van der Waals surface area contributed by atoms with Gasteiger partial charge in [0.15, 0.2) is 0 Å². The molecule has 1 unspecified atom stereocenters. The highest BCUT2D eigenvalue weighted by Crippen LogP contribution is 2.48. The number of benzene rings is 3. The van der Waals surface area contributed by atoms with Crippen molar-refractivity contribution in [2.45, 2.75) is 17.7 Å². The molecule has 1 atom stereocenters. The molecule has 6 heteroatoms. The van der Waals surface area contributed by atoms with Crippen molar-refractivity contribution >= 4 is 34.9 Å². The van der Waals surface area contributed by atoms with Crippen LogP contribution in [0.15, 0.2) is 94.4 Å². The highest BCUT2D eigenvalue weighted by atomic mass is 32.2. The lowest BCUT2D eigenvalue weighted by Crippen LogP contribution is -2.29. The van der Waals surface area contributed by atoms with E-state index < -0.39 is 5.92 Å². The number of nitrogens with one attached hydrogen (secondary N) is 2. The van der Waals surface area contributed by atoms with Crippen LogP contribution in [0.25, 0.3) is 0 Å². The lowest BCUT2D eigenvalue weighted by atomic mass is 9.93. The van der Waals surface area contributed by atoms with Crippen LogP contribution in [0.4, 0.5) is 11.4 Å². The molecule has 3 aromatic carbocycles. The molecular weight excluding hydrogens is 406 g/mol. The summed E-state index contributed by atoms with van der Waals surface area (Å²) in [5.74, 6) is 0.280. The van der Waals surface area contributed by atoms with Gasteiger partial charge in [0, 0.05) is 10.5 Å². The predicted octanol–water partition coefficient (Wildman–Crippen LogP) is 5.62. The molecule has 5 rings (SSSR count). The summed E-state index contributed by atoms with van der Waals surface area (Å²) in [7, 11) is 0. The van der Waals surface area contributed by atoms with E-state index in [0.29, 0.717) is 17.9 Å². The number of carbonyl (C=O) groups excluding carboxylic acids is 1. The second-order valence-electron chi connectivity index (χ2n) is 7.26. The minimum Gasteiger partial charge on any atom is -0.494 e. The van der Waals surface area contributed by atoms with Crippen LogP contribution in [0, 0.1) is 5.41 Å². The van der Waals surface area contributed by atoms with Crippen molar-refractivity contribution in [1.82, 2.24) is 0 Å². The molecule has 154 valence electrons. The average molecular weight is 428 g/mol. The molecule has 2 aliphatic rings. The molecule has 1 saturated heterocycles. The number of nitrogens with zero attached hydrogens (tertiary/aromatic N) is 1. The molecule has 2 N–H and O–H groups in total. The fourth-order valence-electron chi connectivity index (χ4n) is 3.97. The topological polar surface area (TPSA) is 65.4 Å². The van der Waals surface area contributed by atoms with Gasteiger partial charge >= 0.3 is 0 Å². The minimum absolute atomic E-state index is 0.124. The van der Waals surface area contributed by atoms with Crippen LogP contribution in [-0.4, -0.2) is 18.3 Å². The van der Waals surface area contributed by atoms with E-state index in [4.69, 9.17) is 10.1 Å². The third-order valence-electron chi connectivity index (χ3n) is 5.37. The molecule has 0 radical (unpaired) electrons. The number of rotatable bonds is 4. The lowest BCUT2D eigenvalue weighted by molar-refractivity contribution is -0.117. The first-order valence-electron chi connectivity index (χ1n) is 10.2. The molecular formula is C25H21N3O2S. The minimum atomic E-state index is -0.537. The number of para-hydroxylation sites is 1. The second kappa shape index (κ2) is 7.96. The van der Waals surface area contributed by atoms with Gasteiger partial charge in [-0.05, 0) is 48.9 Å². The number of thioether (sulfide) groups is 1. The monoisotopic (exact) mass is 427 g/mol. The molecule has 1 amide bonds. The van der Waals surface area contributed by atoms with Crippen molar-refractivity contribution in [2.75, 3.05) is 16.8 Å². The number of amidine groups is 1. The molecule has 2 heterocycles. The zero-order valence-corrected chi connectivity index (χ0v) is 17.8. The summed E-state index contributed by atoms with van der Waals surface area (Å²) < 4.78 is 5.53. The van der Waals surface area contributed by atoms with E-state index in [1.807, 2.05) is 85.8 Å². The first kappa shape index (κ1) is 19.5. The van der Waals surface area contributed by atoms with Crippen molar-refractivity contribution in [3.05, 3.63) is 95.0 Å². The third-order valence-corrected chi connectivity index (χ3v) is 6.47. The summed E-state index contributed by atoms with van der Waals surface area (Å²) in [4.78, 5) is 16.2. The Bertz CT molecular complexity index is 1160. The Hall–Kier alpha value is -3.51. The summed E-state index contributed by atoms with van der Waals surface area (Å²) in [6.45, 7) is 2.51. The van der Waals surface area contributed by atoms with Crippen molar-refractivity contribution < 1.29 is 9.53 Å². The molecule has 0 aliphatic carbocycles. The molecule has 31 heavy (non-hydrogen) atoms. The maximum atomic E-state index is 13.7. The van der Waals surface area contributed by atoms with Gasteiger partial charge in [-0.3, -0.25) is 15.1 Å². The van der Waals surface area contributed by atoms with Crippen LogP contribution < -0.4 is 15.0 Å². The van der Waals surface area contributed by atoms with Crippen LogP contribution in [0.5, 0.6) is 5.75 Å². The van der Waals surface area contributed by atoms with Crippen LogP contribution in [-0.2, 0) is 4.79 Å². The first-order valence-corrected chi connectivity index (χ1v) is 11.0. The van der Waals surface area contributed by atoms with E-state index in [0.717, 1.165) is 26.9 Å². The van der Waals surface area contributed by atoms with Gasteiger partial charge in [0.2, 0.25) is 5.91 Å². The Morgan fingerprint density at radius 2 is 1.71 bits per heavy atom. The number of amides is 1. The fourth-order valence-corrected chi connectivity index (χ4v) is 5.05. The SMILES string of the molecule is CCOc1ccc(N2C(=N)/C(=C3/Nc4ccccc4S3)C(c3ccccc3)C2=O)cc1. The van der Waals surface area contributed by atoms with Gasteiger partial charge in [-0.15, -0.1) is 0 Å². The molecule has 0 spiro atoms. The Morgan fingerprint density at radius 3 is 2.42 bits per heavy atom. The number of anilines is 2. The smallest absolute Gasteiger partial charge is 0.244 e. The summed E-state index contributed by atoms with van der Waals surface area (Å²) in [5, 5.41) is 13.2. The van der Waals surface area contributed by atoms with E-state index in [-0.39, 0.29) is 11.7 Å². The highest BCUT2D eigenvalue weighted by Gasteiger charge is 2.45. The molecule has 0 aromatic heterocycles. The number of fused-ring (bicyclic) bond motifs is 1. The Morgan fingerprint density at radius 1 is 1.00 bits per heavy atom. The van der Waals surface area contributed by atoms with E-state index in [1.165, 1.54) is 4.90 Å². The number of carbonyl (C=O) groups is 1. The zero-order valence-electron chi connectivity index (χ0n) is 17.0. The first-order chi connectivity index (χ1) is 15.2. The molecule has 1 fully saturated rings. The second-order valence-corrected chi connectivity index (χ2v) is 8.31. The van der Waals surface area contributed by atoms with Crippen molar-refractivity contribution in [2.24, 2.45) is 0 Å². The van der Waals surface area contributed by atoms with Gasteiger partial charge in [0.25, 0.3) is 0 Å². The maximum absolute atomic E-state index is 13.7. The van der Waals surface area contributed by atoms with Gasteiger partial charge in [-0.25, -0.2) is 0 Å². The molecule has 0 bridgehead atoms. The van der Waals surface area contributed by atoms with Gasteiger partial charge in [0.05, 0.1) is 28.9 Å². The number of hydrogen-bond acceptors (Lipinski definition) is 5. The van der Waals surface area contributed by atoms with Gasteiger partial charge < -0.3 is 10.1 Å². The highest BCUT2D eigenvalue weighted by molar-refractivity contribution is 8.03. The Balaban J connectivity index is 1.60. The van der Waals surface area contributed by atoms with Crippen molar-refractivity contribution in [1.29, 1.82) is 5.41 Å². The average Bonchev–Trinajstić information content (AvgIpc) is 3.33. The van der Waals surface area contributed by atoms with Crippen molar-refractivity contribution in [3.63, 3.8) is 0 Å². The Kier molecular flexibility index (Phi) is 5.00. The quantitative estimate of drug-likeness (QED) is 0.567. The maximum Gasteiger partial charge on any atom is 0.244 e. The largest absolute Gasteiger partial charge is 0.494 e. The normalized spacial score (nSPS) is 20.0. The number of hydrogen-bond donors (Lipinski definition) is 2. The van der Waals surface area contributed by atoms with Crippen molar-refractivity contribution in [3.8, 4) is 5.75 Å². The summed E-state index contributed by atoms with van der Waals surface area (Å²) in [5.41, 5.74) is 3.25. The Labute approximate surface area is 185 Å². The van der Waals surface area contributed by atoms with Gasteiger partial charge in [-0.2, -0.15) is 0 Å². The van der Waals surface area contributed by atoms with Crippen LogP contribution in [0.2, 0.25) is 0 Å². The predicted molar refractivity (Wildman–Crippen MR) is 125 cm³/mol. The zero-order chi connectivity index (χ0) is 21.4. The lowest BCUT2D eigenvalue weighted by Gasteiger charge is -2.17. The molecule has 0 saturated carbocycles. The summed E-state index contributed by atoms with van der Waals surface area (Å²) in [6, 6.07) is 25.0. The van der Waals surface area contributed by atoms with E-state index in [2.05, 4.69) is 5.32 Å². The van der Waals surface area contributed by atoms with E-state index >= 15 is 0 Å². The third kappa shape index (κ3) is 3.39. The molecule has 3 aromatic rings. The standard InChI is InChI=1S/C25H21N3O2S/c1-2-30-18-14-12-17(13-15-18)28-23(26)22(21(25(28)29)16-8-4-3-5-9-16)24-27-19-10-6-7-11-20(19)31-24/h3-15,21,26-27H,2H2,1H3/b24-22-,26-23?. The van der Waals surface area contributed by atoms with Crippen LogP contribution >= 0.6 is 11.8 Å². The summed E-state index contributed by atoms with van der Waals surface area (Å²) in [6.07, 6.45) is 0.